The van der Waals surface area contributed by atoms with Crippen LogP contribution in [0.1, 0.15) is 31.1 Å². The minimum atomic E-state index is -4.38. The zero-order valence-electron chi connectivity index (χ0n) is 15.3. The Morgan fingerprint density at radius 2 is 1.54 bits per heavy atom. The SMILES string of the molecule is COC(=O)c1ccc(C(=O)OC)c(S(=O)(=O)N(C)c2ccccc2C(N)=O)c1. The monoisotopic (exact) mass is 406 g/mol. The van der Waals surface area contributed by atoms with E-state index in [1.165, 1.54) is 37.4 Å². The van der Waals surface area contributed by atoms with E-state index in [2.05, 4.69) is 9.47 Å². The highest BCUT2D eigenvalue weighted by molar-refractivity contribution is 7.92. The summed E-state index contributed by atoms with van der Waals surface area (Å²) in [5, 5.41) is 0. The molecule has 10 heteroatoms. The van der Waals surface area contributed by atoms with E-state index in [4.69, 9.17) is 5.73 Å². The maximum absolute atomic E-state index is 13.2. The van der Waals surface area contributed by atoms with Crippen molar-refractivity contribution < 1.29 is 32.3 Å². The third-order valence-corrected chi connectivity index (χ3v) is 5.77. The van der Waals surface area contributed by atoms with Gasteiger partial charge in [0, 0.05) is 7.05 Å². The van der Waals surface area contributed by atoms with Crippen molar-refractivity contribution in [1.82, 2.24) is 0 Å². The number of methoxy groups -OCH3 is 2. The molecule has 0 fully saturated rings. The fourth-order valence-electron chi connectivity index (χ4n) is 2.49. The van der Waals surface area contributed by atoms with Gasteiger partial charge in [0.25, 0.3) is 15.9 Å². The standard InChI is InChI=1S/C18H18N2O7S/c1-20(14-7-5-4-6-12(14)16(19)21)28(24,25)15-10-11(17(22)26-2)8-9-13(15)18(23)27-3/h4-10H,1-3H3,(H2,19,21). The highest BCUT2D eigenvalue weighted by Gasteiger charge is 2.30. The Hall–Kier alpha value is -3.40. The van der Waals surface area contributed by atoms with Crippen molar-refractivity contribution in [2.75, 3.05) is 25.6 Å². The Balaban J connectivity index is 2.71. The highest BCUT2D eigenvalue weighted by atomic mass is 32.2. The summed E-state index contributed by atoms with van der Waals surface area (Å²) in [6, 6.07) is 9.22. The number of hydrogen-bond donors (Lipinski definition) is 1. The van der Waals surface area contributed by atoms with Gasteiger partial charge in [-0.15, -0.1) is 0 Å². The number of benzene rings is 2. The van der Waals surface area contributed by atoms with Crippen LogP contribution in [0.4, 0.5) is 5.69 Å². The molecule has 0 aliphatic heterocycles. The Bertz CT molecular complexity index is 1050. The number of esters is 2. The van der Waals surface area contributed by atoms with Gasteiger partial charge in [-0.2, -0.15) is 0 Å². The molecule has 148 valence electrons. The molecule has 9 nitrogen and oxygen atoms in total. The lowest BCUT2D eigenvalue weighted by atomic mass is 10.1. The fourth-order valence-corrected chi connectivity index (χ4v) is 3.91. The topological polar surface area (TPSA) is 133 Å². The van der Waals surface area contributed by atoms with Crippen LogP contribution in [0, 0.1) is 0 Å². The number of nitrogens with zero attached hydrogens (tertiary/aromatic N) is 1. The molecule has 0 atom stereocenters. The molecule has 1 amide bonds. The van der Waals surface area contributed by atoms with Crippen LogP contribution < -0.4 is 10.0 Å². The van der Waals surface area contributed by atoms with Gasteiger partial charge in [-0.3, -0.25) is 9.10 Å². The Kier molecular flexibility index (Phi) is 6.04. The lowest BCUT2D eigenvalue weighted by Crippen LogP contribution is -2.30. The second-order valence-corrected chi connectivity index (χ2v) is 7.49. The largest absolute Gasteiger partial charge is 0.465 e. The van der Waals surface area contributed by atoms with Gasteiger partial charge in [-0.1, -0.05) is 12.1 Å². The number of primary amides is 1. The van der Waals surface area contributed by atoms with Crippen molar-refractivity contribution in [3.05, 3.63) is 59.2 Å². The zero-order chi connectivity index (χ0) is 21.1. The molecule has 0 spiro atoms. The van der Waals surface area contributed by atoms with Crippen molar-refractivity contribution in [1.29, 1.82) is 0 Å². The number of sulfonamides is 1. The van der Waals surface area contributed by atoms with Gasteiger partial charge in [-0.25, -0.2) is 18.0 Å². The van der Waals surface area contributed by atoms with Crippen molar-refractivity contribution in [2.24, 2.45) is 5.73 Å². The number of carbonyl (C=O) groups excluding carboxylic acids is 3. The smallest absolute Gasteiger partial charge is 0.339 e. The van der Waals surface area contributed by atoms with Gasteiger partial charge >= 0.3 is 11.9 Å². The number of amides is 1. The molecule has 0 aromatic heterocycles. The van der Waals surface area contributed by atoms with Crippen molar-refractivity contribution in [3.8, 4) is 0 Å². The van der Waals surface area contributed by atoms with Crippen molar-refractivity contribution >= 4 is 33.6 Å². The number of para-hydroxylation sites is 1. The molecule has 0 aliphatic carbocycles. The summed E-state index contributed by atoms with van der Waals surface area (Å²) in [5.74, 6) is -2.52. The van der Waals surface area contributed by atoms with Crippen molar-refractivity contribution in [2.45, 2.75) is 4.90 Å². The zero-order valence-corrected chi connectivity index (χ0v) is 16.1. The molecule has 0 saturated heterocycles. The third-order valence-electron chi connectivity index (χ3n) is 3.96. The van der Waals surface area contributed by atoms with Crippen LogP contribution >= 0.6 is 0 Å². The summed E-state index contributed by atoms with van der Waals surface area (Å²) in [4.78, 5) is 35.1. The number of nitrogens with two attached hydrogens (primary N) is 1. The van der Waals surface area contributed by atoms with E-state index in [9.17, 15) is 22.8 Å². The van der Waals surface area contributed by atoms with Gasteiger partial charge in [-0.05, 0) is 30.3 Å². The van der Waals surface area contributed by atoms with Gasteiger partial charge in [0.2, 0.25) is 0 Å². The summed E-state index contributed by atoms with van der Waals surface area (Å²) in [6.45, 7) is 0. The summed E-state index contributed by atoms with van der Waals surface area (Å²) < 4.78 is 36.5. The van der Waals surface area contributed by atoms with Crippen LogP contribution in [0.15, 0.2) is 47.4 Å². The molecule has 0 heterocycles. The predicted octanol–water partition coefficient (Wildman–Crippen LogP) is 1.18. The van der Waals surface area contributed by atoms with Crippen molar-refractivity contribution in [3.63, 3.8) is 0 Å². The van der Waals surface area contributed by atoms with Crippen LogP contribution in [0.3, 0.4) is 0 Å². The average molecular weight is 406 g/mol. The van der Waals surface area contributed by atoms with E-state index >= 15 is 0 Å². The first-order valence-electron chi connectivity index (χ1n) is 7.83. The molecule has 2 aromatic rings. The van der Waals surface area contributed by atoms with E-state index in [1.807, 2.05) is 0 Å². The van der Waals surface area contributed by atoms with Crippen LogP contribution in [0.5, 0.6) is 0 Å². The molecule has 0 aliphatic rings. The van der Waals surface area contributed by atoms with E-state index in [0.29, 0.717) is 0 Å². The molecule has 0 saturated carbocycles. The van der Waals surface area contributed by atoms with Gasteiger partial charge in [0.1, 0.15) is 4.90 Å². The van der Waals surface area contributed by atoms with Crippen LogP contribution in [0.25, 0.3) is 0 Å². The van der Waals surface area contributed by atoms with E-state index in [1.54, 1.807) is 0 Å². The molecule has 0 radical (unpaired) electrons. The maximum Gasteiger partial charge on any atom is 0.339 e. The molecule has 28 heavy (non-hydrogen) atoms. The van der Waals surface area contributed by atoms with Gasteiger partial charge < -0.3 is 15.2 Å². The molecule has 2 aromatic carbocycles. The Morgan fingerprint density at radius 3 is 2.11 bits per heavy atom. The van der Waals surface area contributed by atoms with E-state index in [0.717, 1.165) is 30.7 Å². The molecule has 2 N–H and O–H groups in total. The second kappa shape index (κ2) is 8.09. The Morgan fingerprint density at radius 1 is 0.929 bits per heavy atom. The number of anilines is 1. The van der Waals surface area contributed by atoms with Crippen LogP contribution in [-0.4, -0.2) is 47.5 Å². The lowest BCUT2D eigenvalue weighted by Gasteiger charge is -2.22. The maximum atomic E-state index is 13.2. The summed E-state index contributed by atoms with van der Waals surface area (Å²) in [6.07, 6.45) is 0. The summed E-state index contributed by atoms with van der Waals surface area (Å²) >= 11 is 0. The number of carbonyl (C=O) groups is 3. The second-order valence-electron chi connectivity index (χ2n) is 5.55. The molecular formula is C18H18N2O7S. The van der Waals surface area contributed by atoms with Crippen LogP contribution in [0.2, 0.25) is 0 Å². The van der Waals surface area contributed by atoms with Gasteiger partial charge in [0.15, 0.2) is 0 Å². The number of ether oxygens (including phenoxy) is 2. The minimum absolute atomic E-state index is 0.00860. The lowest BCUT2D eigenvalue weighted by molar-refractivity contribution is 0.0583. The molecule has 0 unspecified atom stereocenters. The number of rotatable bonds is 6. The Labute approximate surface area is 161 Å². The first-order chi connectivity index (χ1) is 13.1. The molecule has 0 bridgehead atoms. The molecular weight excluding hydrogens is 388 g/mol. The summed E-state index contributed by atoms with van der Waals surface area (Å²) in [7, 11) is -0.949. The highest BCUT2D eigenvalue weighted by Crippen LogP contribution is 2.28. The quantitative estimate of drug-likeness (QED) is 0.712. The predicted molar refractivity (Wildman–Crippen MR) is 99.7 cm³/mol. The van der Waals surface area contributed by atoms with Crippen LogP contribution in [-0.2, 0) is 19.5 Å². The first kappa shape index (κ1) is 20.9. The van der Waals surface area contributed by atoms with E-state index in [-0.39, 0.29) is 22.4 Å². The van der Waals surface area contributed by atoms with Gasteiger partial charge in [0.05, 0.1) is 36.6 Å². The third kappa shape index (κ3) is 3.81. The average Bonchev–Trinajstić information content (AvgIpc) is 2.71. The molecule has 2 rings (SSSR count). The summed E-state index contributed by atoms with van der Waals surface area (Å²) in [5.41, 5.74) is 4.94. The first-order valence-corrected chi connectivity index (χ1v) is 9.27. The number of hydrogen-bond acceptors (Lipinski definition) is 7. The normalized spacial score (nSPS) is 10.8. The minimum Gasteiger partial charge on any atom is -0.465 e. The van der Waals surface area contributed by atoms with E-state index < -0.39 is 32.8 Å². The fraction of sp³-hybridized carbons (Fsp3) is 0.167.